The molecule has 0 atom stereocenters. The van der Waals surface area contributed by atoms with Crippen molar-refractivity contribution in [3.63, 3.8) is 0 Å². The summed E-state index contributed by atoms with van der Waals surface area (Å²) in [5.74, 6) is -0.584. The second-order valence-corrected chi connectivity index (χ2v) is 6.07. The molecule has 0 aliphatic carbocycles. The first kappa shape index (κ1) is 16.5. The first-order chi connectivity index (χ1) is 9.31. The van der Waals surface area contributed by atoms with Crippen LogP contribution < -0.4 is 5.32 Å². The van der Waals surface area contributed by atoms with Gasteiger partial charge in [-0.15, -0.1) is 11.8 Å². The maximum Gasteiger partial charge on any atom is 0.310 e. The maximum atomic E-state index is 12.7. The molecular weight excluding hydrogens is 281 g/mol. The summed E-state index contributed by atoms with van der Waals surface area (Å²) in [6, 6.07) is 6.11. The number of carbonyl (C=O) groups is 2. The van der Waals surface area contributed by atoms with E-state index < -0.39 is 11.4 Å². The Bertz CT molecular complexity index is 474. The SMILES string of the molecule is CC(C)(CNC(=O)CSCc1ccc(F)cc1)C(=O)O. The number of halogens is 1. The highest BCUT2D eigenvalue weighted by atomic mass is 32.2. The molecule has 0 radical (unpaired) electrons. The standard InChI is InChI=1S/C14H18FNO3S/c1-14(2,13(18)19)9-16-12(17)8-20-7-10-3-5-11(15)6-4-10/h3-6H,7-9H2,1-2H3,(H,16,17)(H,18,19). The predicted molar refractivity (Wildman–Crippen MR) is 77.0 cm³/mol. The van der Waals surface area contributed by atoms with E-state index in [0.717, 1.165) is 5.56 Å². The molecule has 0 bridgehead atoms. The summed E-state index contributed by atoms with van der Waals surface area (Å²) in [5, 5.41) is 11.5. The molecule has 1 amide bonds. The number of thioether (sulfide) groups is 1. The van der Waals surface area contributed by atoms with Crippen molar-refractivity contribution in [1.82, 2.24) is 5.32 Å². The van der Waals surface area contributed by atoms with E-state index in [4.69, 9.17) is 5.11 Å². The molecule has 1 aromatic carbocycles. The van der Waals surface area contributed by atoms with Crippen LogP contribution in [0.1, 0.15) is 19.4 Å². The quantitative estimate of drug-likeness (QED) is 0.810. The van der Waals surface area contributed by atoms with Crippen LogP contribution in [0, 0.1) is 11.2 Å². The minimum absolute atomic E-state index is 0.0955. The molecule has 4 nitrogen and oxygen atoms in total. The summed E-state index contributed by atoms with van der Waals surface area (Å²) in [7, 11) is 0. The summed E-state index contributed by atoms with van der Waals surface area (Å²) in [5.41, 5.74) is -0.0350. The van der Waals surface area contributed by atoms with Crippen LogP contribution >= 0.6 is 11.8 Å². The Labute approximate surface area is 121 Å². The van der Waals surface area contributed by atoms with E-state index in [1.54, 1.807) is 26.0 Å². The van der Waals surface area contributed by atoms with E-state index in [1.807, 2.05) is 0 Å². The highest BCUT2D eigenvalue weighted by molar-refractivity contribution is 7.99. The summed E-state index contributed by atoms with van der Waals surface area (Å²) in [6.45, 7) is 3.21. The molecule has 0 saturated carbocycles. The first-order valence-electron chi connectivity index (χ1n) is 6.13. The average Bonchev–Trinajstić information content (AvgIpc) is 2.39. The number of hydrogen-bond acceptors (Lipinski definition) is 3. The number of carbonyl (C=O) groups excluding carboxylic acids is 1. The molecular formula is C14H18FNO3S. The fourth-order valence-corrected chi connectivity index (χ4v) is 2.11. The lowest BCUT2D eigenvalue weighted by atomic mass is 9.94. The zero-order chi connectivity index (χ0) is 15.2. The molecule has 6 heteroatoms. The van der Waals surface area contributed by atoms with Crippen LogP contribution in [0.4, 0.5) is 4.39 Å². The molecule has 1 aromatic rings. The third-order valence-corrected chi connectivity index (χ3v) is 3.73. The van der Waals surface area contributed by atoms with E-state index in [2.05, 4.69) is 5.32 Å². The average molecular weight is 299 g/mol. The molecule has 2 N–H and O–H groups in total. The van der Waals surface area contributed by atoms with Gasteiger partial charge in [0.25, 0.3) is 0 Å². The van der Waals surface area contributed by atoms with Crippen molar-refractivity contribution in [3.8, 4) is 0 Å². The van der Waals surface area contributed by atoms with Crippen molar-refractivity contribution in [2.24, 2.45) is 5.41 Å². The molecule has 0 aromatic heterocycles. The van der Waals surface area contributed by atoms with Crippen molar-refractivity contribution < 1.29 is 19.1 Å². The fraction of sp³-hybridized carbons (Fsp3) is 0.429. The van der Waals surface area contributed by atoms with Gasteiger partial charge in [0.05, 0.1) is 11.2 Å². The zero-order valence-electron chi connectivity index (χ0n) is 11.5. The fourth-order valence-electron chi connectivity index (χ4n) is 1.29. The van der Waals surface area contributed by atoms with Crippen LogP contribution in [0.2, 0.25) is 0 Å². The largest absolute Gasteiger partial charge is 0.481 e. The number of nitrogens with one attached hydrogen (secondary N) is 1. The Morgan fingerprint density at radius 3 is 2.45 bits per heavy atom. The molecule has 110 valence electrons. The van der Waals surface area contributed by atoms with Gasteiger partial charge in [0.1, 0.15) is 5.82 Å². The Morgan fingerprint density at radius 1 is 1.30 bits per heavy atom. The summed E-state index contributed by atoms with van der Waals surface area (Å²) in [6.07, 6.45) is 0. The molecule has 0 heterocycles. The number of aliphatic carboxylic acids is 1. The maximum absolute atomic E-state index is 12.7. The number of amides is 1. The summed E-state index contributed by atoms with van der Waals surface area (Å²) >= 11 is 1.40. The van der Waals surface area contributed by atoms with Gasteiger partial charge in [-0.3, -0.25) is 9.59 Å². The molecule has 20 heavy (non-hydrogen) atoms. The molecule has 0 unspecified atom stereocenters. The number of rotatable bonds is 7. The number of benzene rings is 1. The van der Waals surface area contributed by atoms with E-state index in [1.165, 1.54) is 23.9 Å². The normalized spacial score (nSPS) is 11.2. The summed E-state index contributed by atoms with van der Waals surface area (Å²) in [4.78, 5) is 22.4. The molecule has 0 saturated heterocycles. The van der Waals surface area contributed by atoms with Gasteiger partial charge in [0.2, 0.25) is 5.91 Å². The van der Waals surface area contributed by atoms with E-state index >= 15 is 0 Å². The van der Waals surface area contributed by atoms with Crippen molar-refractivity contribution in [3.05, 3.63) is 35.6 Å². The second-order valence-electron chi connectivity index (χ2n) is 5.09. The van der Waals surface area contributed by atoms with Crippen LogP contribution in [0.3, 0.4) is 0 Å². The lowest BCUT2D eigenvalue weighted by Gasteiger charge is -2.19. The summed E-state index contributed by atoms with van der Waals surface area (Å²) < 4.78 is 12.7. The van der Waals surface area contributed by atoms with Crippen molar-refractivity contribution in [2.75, 3.05) is 12.3 Å². The Hall–Kier alpha value is -1.56. The second kappa shape index (κ2) is 7.28. The van der Waals surface area contributed by atoms with Gasteiger partial charge < -0.3 is 10.4 Å². The molecule has 0 spiro atoms. The van der Waals surface area contributed by atoms with Gasteiger partial charge in [0.15, 0.2) is 0 Å². The van der Waals surface area contributed by atoms with E-state index in [9.17, 15) is 14.0 Å². The topological polar surface area (TPSA) is 66.4 Å². The van der Waals surface area contributed by atoms with Crippen molar-refractivity contribution in [2.45, 2.75) is 19.6 Å². The number of carboxylic acids is 1. The molecule has 0 aliphatic heterocycles. The highest BCUT2D eigenvalue weighted by Crippen LogP contribution is 2.14. The van der Waals surface area contributed by atoms with E-state index in [0.29, 0.717) is 5.75 Å². The Kier molecular flexibility index (Phi) is 6.01. The van der Waals surface area contributed by atoms with Gasteiger partial charge >= 0.3 is 5.97 Å². The molecule has 0 fully saturated rings. The van der Waals surface area contributed by atoms with Crippen molar-refractivity contribution in [1.29, 1.82) is 0 Å². The van der Waals surface area contributed by atoms with Crippen LogP contribution in [-0.2, 0) is 15.3 Å². The van der Waals surface area contributed by atoms with Gasteiger partial charge in [-0.1, -0.05) is 12.1 Å². The van der Waals surface area contributed by atoms with Crippen LogP contribution in [-0.4, -0.2) is 29.3 Å². The third kappa shape index (κ3) is 5.61. The van der Waals surface area contributed by atoms with Gasteiger partial charge in [-0.2, -0.15) is 0 Å². The van der Waals surface area contributed by atoms with Gasteiger partial charge in [-0.25, -0.2) is 4.39 Å². The first-order valence-corrected chi connectivity index (χ1v) is 7.29. The van der Waals surface area contributed by atoms with Crippen LogP contribution in [0.25, 0.3) is 0 Å². The van der Waals surface area contributed by atoms with Gasteiger partial charge in [-0.05, 0) is 31.5 Å². The van der Waals surface area contributed by atoms with Crippen LogP contribution in [0.5, 0.6) is 0 Å². The number of hydrogen-bond donors (Lipinski definition) is 2. The monoisotopic (exact) mass is 299 g/mol. The zero-order valence-corrected chi connectivity index (χ0v) is 12.3. The minimum Gasteiger partial charge on any atom is -0.481 e. The lowest BCUT2D eigenvalue weighted by molar-refractivity contribution is -0.146. The number of carboxylic acid groups (broad SMARTS) is 1. The third-order valence-electron chi connectivity index (χ3n) is 2.72. The highest BCUT2D eigenvalue weighted by Gasteiger charge is 2.27. The Balaban J connectivity index is 2.27. The predicted octanol–water partition coefficient (Wildman–Crippen LogP) is 2.29. The lowest BCUT2D eigenvalue weighted by Crippen LogP contribution is -2.39. The van der Waals surface area contributed by atoms with Gasteiger partial charge in [0, 0.05) is 12.3 Å². The Morgan fingerprint density at radius 2 is 1.90 bits per heavy atom. The van der Waals surface area contributed by atoms with Crippen LogP contribution in [0.15, 0.2) is 24.3 Å². The smallest absolute Gasteiger partial charge is 0.310 e. The van der Waals surface area contributed by atoms with E-state index in [-0.39, 0.29) is 24.0 Å². The minimum atomic E-state index is -0.975. The molecule has 0 aliphatic rings. The molecule has 1 rings (SSSR count). The van der Waals surface area contributed by atoms with Crippen molar-refractivity contribution >= 4 is 23.6 Å².